The number of halogens is 2. The molecule has 4 N–H and O–H groups in total. The molecule has 0 bridgehead atoms. The molecule has 1 aromatic carbocycles. The summed E-state index contributed by atoms with van der Waals surface area (Å²) in [5, 5.41) is 2.15. The van der Waals surface area contributed by atoms with Gasteiger partial charge < -0.3 is 5.32 Å². The van der Waals surface area contributed by atoms with Crippen molar-refractivity contribution in [2.24, 2.45) is 0 Å². The molecule has 4 rings (SSSR count). The average Bonchev–Trinajstić information content (AvgIpc) is 3.38. The third-order valence-corrected chi connectivity index (χ3v) is 6.08. The van der Waals surface area contributed by atoms with Crippen LogP contribution in [-0.4, -0.2) is 41.7 Å². The minimum absolute atomic E-state index is 0.0650. The summed E-state index contributed by atoms with van der Waals surface area (Å²) in [4.78, 5) is 22.1. The van der Waals surface area contributed by atoms with Gasteiger partial charge in [0.15, 0.2) is 17.7 Å². The summed E-state index contributed by atoms with van der Waals surface area (Å²) < 4.78 is 57.0. The van der Waals surface area contributed by atoms with E-state index in [-0.39, 0.29) is 5.56 Å². The fraction of sp³-hybridized carbons (Fsp3) is 0.235. The van der Waals surface area contributed by atoms with Crippen molar-refractivity contribution < 1.29 is 27.0 Å². The Labute approximate surface area is 164 Å². The molecule has 0 radical (unpaired) electrons. The second-order valence-electron chi connectivity index (χ2n) is 6.50. The molecule has 1 fully saturated rings. The maximum Gasteiger partial charge on any atom is 0.301 e. The summed E-state index contributed by atoms with van der Waals surface area (Å²) in [7, 11) is -3.97. The lowest BCUT2D eigenvalue weighted by Crippen LogP contribution is -2.33. The van der Waals surface area contributed by atoms with Crippen LogP contribution in [0.25, 0.3) is 11.2 Å². The van der Waals surface area contributed by atoms with Crippen LogP contribution in [0.5, 0.6) is 0 Å². The minimum atomic E-state index is -3.97. The molecule has 152 valence electrons. The second kappa shape index (κ2) is 7.37. The van der Waals surface area contributed by atoms with Gasteiger partial charge in [0.05, 0.1) is 11.3 Å². The molecule has 1 saturated heterocycles. The van der Waals surface area contributed by atoms with Gasteiger partial charge in [0, 0.05) is 13.1 Å². The SMILES string of the molecule is O=C(Nc1c(F)ccc(NS(=O)(=O)N2CCCC2)c1F)c1cnc2[nH+]c[nH]c2c1. The molecule has 29 heavy (non-hydrogen) atoms. The van der Waals surface area contributed by atoms with Crippen LogP contribution in [0.1, 0.15) is 23.2 Å². The zero-order chi connectivity index (χ0) is 20.6. The lowest BCUT2D eigenvalue weighted by atomic mass is 10.2. The number of anilines is 2. The van der Waals surface area contributed by atoms with Crippen LogP contribution in [0.15, 0.2) is 30.7 Å². The Morgan fingerprint density at radius 3 is 2.76 bits per heavy atom. The summed E-state index contributed by atoms with van der Waals surface area (Å²) in [6.07, 6.45) is 4.20. The first-order valence-electron chi connectivity index (χ1n) is 8.77. The molecule has 1 aliphatic heterocycles. The van der Waals surface area contributed by atoms with Crippen molar-refractivity contribution in [3.63, 3.8) is 0 Å². The highest BCUT2D eigenvalue weighted by molar-refractivity contribution is 7.90. The maximum absolute atomic E-state index is 14.8. The Bertz CT molecular complexity index is 1190. The Morgan fingerprint density at radius 1 is 1.24 bits per heavy atom. The van der Waals surface area contributed by atoms with E-state index < -0.39 is 39.1 Å². The van der Waals surface area contributed by atoms with Crippen LogP contribution in [0, 0.1) is 11.6 Å². The van der Waals surface area contributed by atoms with E-state index in [4.69, 9.17) is 0 Å². The van der Waals surface area contributed by atoms with Gasteiger partial charge in [-0.1, -0.05) is 0 Å². The summed E-state index contributed by atoms with van der Waals surface area (Å²) in [5.41, 5.74) is -0.103. The van der Waals surface area contributed by atoms with E-state index >= 15 is 0 Å². The molecule has 0 saturated carbocycles. The largest absolute Gasteiger partial charge is 0.317 e. The summed E-state index contributed by atoms with van der Waals surface area (Å²) in [6, 6.07) is 3.31. The van der Waals surface area contributed by atoms with Crippen molar-refractivity contribution >= 4 is 38.7 Å². The number of amides is 1. The zero-order valence-corrected chi connectivity index (χ0v) is 15.8. The van der Waals surface area contributed by atoms with E-state index in [9.17, 15) is 22.0 Å². The molecule has 3 aromatic rings. The lowest BCUT2D eigenvalue weighted by molar-refractivity contribution is -0.347. The summed E-state index contributed by atoms with van der Waals surface area (Å²) in [5.74, 6) is -3.06. The Hall–Kier alpha value is -3.12. The van der Waals surface area contributed by atoms with Crippen molar-refractivity contribution in [2.75, 3.05) is 23.1 Å². The molecule has 1 amide bonds. The van der Waals surface area contributed by atoms with Crippen LogP contribution in [-0.2, 0) is 10.2 Å². The van der Waals surface area contributed by atoms with E-state index in [1.807, 2.05) is 0 Å². The molecule has 9 nitrogen and oxygen atoms in total. The predicted molar refractivity (Wildman–Crippen MR) is 100 cm³/mol. The molecule has 2 aromatic heterocycles. The number of nitrogens with zero attached hydrogens (tertiary/aromatic N) is 2. The third-order valence-electron chi connectivity index (χ3n) is 4.56. The van der Waals surface area contributed by atoms with Crippen molar-refractivity contribution in [1.29, 1.82) is 0 Å². The van der Waals surface area contributed by atoms with Crippen LogP contribution in [0.2, 0.25) is 0 Å². The van der Waals surface area contributed by atoms with E-state index in [0.29, 0.717) is 37.1 Å². The number of carbonyl (C=O) groups is 1. The van der Waals surface area contributed by atoms with Crippen LogP contribution < -0.4 is 15.0 Å². The fourth-order valence-corrected chi connectivity index (χ4v) is 4.36. The first kappa shape index (κ1) is 19.2. The quantitative estimate of drug-likeness (QED) is 0.578. The first-order valence-corrected chi connectivity index (χ1v) is 10.2. The lowest BCUT2D eigenvalue weighted by Gasteiger charge is -2.18. The van der Waals surface area contributed by atoms with E-state index in [2.05, 4.69) is 25.0 Å². The number of imidazole rings is 1. The zero-order valence-electron chi connectivity index (χ0n) is 15.0. The van der Waals surface area contributed by atoms with Crippen LogP contribution >= 0.6 is 0 Å². The van der Waals surface area contributed by atoms with Crippen molar-refractivity contribution in [2.45, 2.75) is 12.8 Å². The van der Waals surface area contributed by atoms with Gasteiger partial charge in [0.2, 0.25) is 0 Å². The van der Waals surface area contributed by atoms with E-state index in [1.165, 1.54) is 22.9 Å². The van der Waals surface area contributed by atoms with Crippen molar-refractivity contribution in [1.82, 2.24) is 14.3 Å². The molecule has 3 heterocycles. The van der Waals surface area contributed by atoms with Gasteiger partial charge in [-0.05, 0) is 31.0 Å². The number of carbonyl (C=O) groups excluding carboxylic acids is 1. The standard InChI is InChI=1S/C17H16F2N6O3S/c18-11-3-4-12(24-29(27,28)25-5-1-2-6-25)14(19)15(11)23-17(26)10-7-13-16(20-8-10)22-9-21-13/h3-4,7-9,24H,1-2,5-6H2,(H,23,26)(H,20,21,22)/p+1. The second-order valence-corrected chi connectivity index (χ2v) is 8.18. The number of nitrogens with one attached hydrogen (secondary N) is 4. The number of benzene rings is 1. The smallest absolute Gasteiger partial charge is 0.301 e. The van der Waals surface area contributed by atoms with Gasteiger partial charge in [0.1, 0.15) is 17.7 Å². The predicted octanol–water partition coefficient (Wildman–Crippen LogP) is 1.66. The molecular weight excluding hydrogens is 406 g/mol. The van der Waals surface area contributed by atoms with Gasteiger partial charge >= 0.3 is 10.2 Å². The van der Waals surface area contributed by atoms with Crippen molar-refractivity contribution in [3.05, 3.63) is 47.9 Å². The number of hydrogen-bond acceptors (Lipinski definition) is 4. The van der Waals surface area contributed by atoms with Gasteiger partial charge in [-0.15, -0.1) is 4.98 Å². The van der Waals surface area contributed by atoms with Gasteiger partial charge in [-0.2, -0.15) is 12.7 Å². The average molecular weight is 423 g/mol. The number of hydrogen-bond donors (Lipinski definition) is 3. The third kappa shape index (κ3) is 3.76. The van der Waals surface area contributed by atoms with Crippen molar-refractivity contribution in [3.8, 4) is 0 Å². The molecule has 1 aliphatic rings. The van der Waals surface area contributed by atoms with Crippen LogP contribution in [0.3, 0.4) is 0 Å². The molecule has 0 spiro atoms. The van der Waals surface area contributed by atoms with Gasteiger partial charge in [-0.3, -0.25) is 14.5 Å². The topological polar surface area (TPSA) is 121 Å². The Kier molecular flexibility index (Phi) is 4.88. The fourth-order valence-electron chi connectivity index (χ4n) is 3.06. The highest BCUT2D eigenvalue weighted by Crippen LogP contribution is 2.28. The number of H-pyrrole nitrogens is 2. The van der Waals surface area contributed by atoms with Gasteiger partial charge in [0.25, 0.3) is 11.6 Å². The molecule has 0 unspecified atom stereocenters. The summed E-state index contributed by atoms with van der Waals surface area (Å²) in [6.45, 7) is 0.654. The molecular formula is C17H17F2N6O3S+. The van der Waals surface area contributed by atoms with Crippen LogP contribution in [0.4, 0.5) is 20.2 Å². The highest BCUT2D eigenvalue weighted by atomic mass is 32.2. The molecule has 0 aliphatic carbocycles. The monoisotopic (exact) mass is 423 g/mol. The molecule has 0 atom stereocenters. The number of fused-ring (bicyclic) bond motifs is 1. The van der Waals surface area contributed by atoms with E-state index in [0.717, 1.165) is 12.1 Å². The number of aromatic amines is 2. The first-order chi connectivity index (χ1) is 13.8. The maximum atomic E-state index is 14.8. The Morgan fingerprint density at radius 2 is 2.00 bits per heavy atom. The summed E-state index contributed by atoms with van der Waals surface area (Å²) >= 11 is 0. The van der Waals surface area contributed by atoms with E-state index in [1.54, 1.807) is 0 Å². The number of rotatable bonds is 5. The van der Waals surface area contributed by atoms with Gasteiger partial charge in [-0.25, -0.2) is 13.8 Å². The minimum Gasteiger partial charge on any atom is -0.317 e. The highest BCUT2D eigenvalue weighted by Gasteiger charge is 2.27. The normalized spacial score (nSPS) is 15.0. The number of aromatic nitrogens is 3. The Balaban J connectivity index is 1.60. The molecule has 12 heteroatoms. The number of pyridine rings is 1.